The lowest BCUT2D eigenvalue weighted by Crippen LogP contribution is -2.26. The number of aliphatic hydroxyl groups excluding tert-OH is 1. The smallest absolute Gasteiger partial charge is 0.247 e. The van der Waals surface area contributed by atoms with Gasteiger partial charge in [-0.1, -0.05) is 6.92 Å². The molecule has 0 bridgehead atoms. The number of sulfonamides is 1. The zero-order chi connectivity index (χ0) is 13.6. The third-order valence-electron chi connectivity index (χ3n) is 2.54. The lowest BCUT2D eigenvalue weighted by Gasteiger charge is -2.08. The van der Waals surface area contributed by atoms with E-state index < -0.39 is 10.0 Å². The van der Waals surface area contributed by atoms with E-state index in [2.05, 4.69) is 9.71 Å². The van der Waals surface area contributed by atoms with Crippen molar-refractivity contribution in [2.24, 2.45) is 5.92 Å². The van der Waals surface area contributed by atoms with E-state index in [1.165, 1.54) is 18.3 Å². The number of hydrogen-bond acceptors (Lipinski definition) is 4. The predicted molar refractivity (Wildman–Crippen MR) is 67.7 cm³/mol. The van der Waals surface area contributed by atoms with Crippen molar-refractivity contribution in [2.45, 2.75) is 24.7 Å². The largest absolute Gasteiger partial charge is 0.396 e. The molecule has 102 valence electrons. The van der Waals surface area contributed by atoms with Crippen molar-refractivity contribution in [3.05, 3.63) is 28.7 Å². The molecule has 7 heteroatoms. The van der Waals surface area contributed by atoms with Crippen LogP contribution in [0.5, 0.6) is 0 Å². The van der Waals surface area contributed by atoms with Gasteiger partial charge in [0.1, 0.15) is 0 Å². The molecule has 0 aliphatic rings. The maximum Gasteiger partial charge on any atom is 0.247 e. The maximum atomic E-state index is 11.8. The summed E-state index contributed by atoms with van der Waals surface area (Å²) in [4.78, 5) is 13.2. The minimum atomic E-state index is -3.56. The van der Waals surface area contributed by atoms with Crippen LogP contribution in [0.2, 0.25) is 0 Å². The Kier molecular flexibility index (Phi) is 5.52. The van der Waals surface area contributed by atoms with Gasteiger partial charge in [0.15, 0.2) is 0 Å². The van der Waals surface area contributed by atoms with E-state index in [1.807, 2.05) is 6.92 Å². The van der Waals surface area contributed by atoms with Gasteiger partial charge in [-0.2, -0.15) is 0 Å². The van der Waals surface area contributed by atoms with E-state index in [0.29, 0.717) is 13.0 Å². The predicted octanol–water partition coefficient (Wildman–Crippen LogP) is 0.0618. The second kappa shape index (κ2) is 6.67. The van der Waals surface area contributed by atoms with Crippen LogP contribution < -0.4 is 10.3 Å². The molecule has 1 atom stereocenters. The molecule has 0 fully saturated rings. The van der Waals surface area contributed by atoms with E-state index in [9.17, 15) is 13.2 Å². The molecular weight excluding hydrogens is 256 g/mol. The van der Waals surface area contributed by atoms with Crippen LogP contribution in [-0.2, 0) is 10.0 Å². The highest BCUT2D eigenvalue weighted by Crippen LogP contribution is 2.06. The van der Waals surface area contributed by atoms with Gasteiger partial charge in [0.25, 0.3) is 0 Å². The minimum Gasteiger partial charge on any atom is -0.396 e. The van der Waals surface area contributed by atoms with E-state index >= 15 is 0 Å². The second-order valence-electron chi connectivity index (χ2n) is 4.22. The highest BCUT2D eigenvalue weighted by atomic mass is 32.2. The number of aromatic nitrogens is 1. The van der Waals surface area contributed by atoms with Gasteiger partial charge in [-0.05, 0) is 24.8 Å². The molecule has 1 rings (SSSR count). The summed E-state index contributed by atoms with van der Waals surface area (Å²) in [6, 6.07) is 2.43. The summed E-state index contributed by atoms with van der Waals surface area (Å²) in [6.07, 6.45) is 2.58. The van der Waals surface area contributed by atoms with Crippen molar-refractivity contribution in [2.75, 3.05) is 13.2 Å². The highest BCUT2D eigenvalue weighted by molar-refractivity contribution is 7.89. The van der Waals surface area contributed by atoms with Crippen LogP contribution in [0.4, 0.5) is 0 Å². The number of hydrogen-bond donors (Lipinski definition) is 3. The number of aliphatic hydroxyl groups is 1. The average molecular weight is 274 g/mol. The summed E-state index contributed by atoms with van der Waals surface area (Å²) < 4.78 is 26.0. The Bertz CT molecular complexity index is 504. The number of aromatic amines is 1. The first kappa shape index (κ1) is 14.9. The molecule has 1 heterocycles. The summed E-state index contributed by atoms with van der Waals surface area (Å²) in [5.41, 5.74) is -0.342. The van der Waals surface area contributed by atoms with Gasteiger partial charge in [-0.15, -0.1) is 0 Å². The number of pyridine rings is 1. The molecule has 0 saturated heterocycles. The SMILES string of the molecule is CC(CO)CCCNS(=O)(=O)c1ccc(=O)[nH]c1. The summed E-state index contributed by atoms with van der Waals surface area (Å²) in [6.45, 7) is 2.31. The van der Waals surface area contributed by atoms with Crippen molar-refractivity contribution in [1.29, 1.82) is 0 Å². The standard InChI is InChI=1S/C11H18N2O4S/c1-9(8-14)3-2-6-13-18(16,17)10-4-5-11(15)12-7-10/h4-5,7,9,13-14H,2-3,6,8H2,1H3,(H,12,15). The fraction of sp³-hybridized carbons (Fsp3) is 0.545. The Morgan fingerprint density at radius 1 is 1.44 bits per heavy atom. The molecule has 0 saturated carbocycles. The van der Waals surface area contributed by atoms with Crippen LogP contribution >= 0.6 is 0 Å². The molecule has 6 nitrogen and oxygen atoms in total. The molecule has 0 aromatic carbocycles. The van der Waals surface area contributed by atoms with Gasteiger partial charge in [-0.25, -0.2) is 13.1 Å². The van der Waals surface area contributed by atoms with Gasteiger partial charge in [-0.3, -0.25) is 4.79 Å². The molecule has 0 amide bonds. The third kappa shape index (κ3) is 4.59. The zero-order valence-electron chi connectivity index (χ0n) is 10.2. The molecule has 0 radical (unpaired) electrons. The van der Waals surface area contributed by atoms with Crippen LogP contribution in [-0.4, -0.2) is 31.7 Å². The molecular formula is C11H18N2O4S. The van der Waals surface area contributed by atoms with Gasteiger partial charge in [0.05, 0.1) is 4.90 Å². The Labute approximate surface area is 106 Å². The molecule has 3 N–H and O–H groups in total. The zero-order valence-corrected chi connectivity index (χ0v) is 11.0. The Hall–Kier alpha value is -1.18. The number of rotatable bonds is 7. The van der Waals surface area contributed by atoms with Gasteiger partial charge >= 0.3 is 0 Å². The van der Waals surface area contributed by atoms with Crippen LogP contribution in [0.3, 0.4) is 0 Å². The summed E-state index contributed by atoms with van der Waals surface area (Å²) in [7, 11) is -3.56. The monoisotopic (exact) mass is 274 g/mol. The highest BCUT2D eigenvalue weighted by Gasteiger charge is 2.13. The third-order valence-corrected chi connectivity index (χ3v) is 4.00. The van der Waals surface area contributed by atoms with E-state index in [1.54, 1.807) is 0 Å². The van der Waals surface area contributed by atoms with E-state index in [4.69, 9.17) is 5.11 Å². The number of H-pyrrole nitrogens is 1. The summed E-state index contributed by atoms with van der Waals surface area (Å²) >= 11 is 0. The van der Waals surface area contributed by atoms with Crippen LogP contribution in [0.15, 0.2) is 28.0 Å². The fourth-order valence-electron chi connectivity index (χ4n) is 1.40. The van der Waals surface area contributed by atoms with Crippen LogP contribution in [0, 0.1) is 5.92 Å². The van der Waals surface area contributed by atoms with E-state index in [-0.39, 0.29) is 23.0 Å². The van der Waals surface area contributed by atoms with Crippen molar-refractivity contribution in [1.82, 2.24) is 9.71 Å². The van der Waals surface area contributed by atoms with Crippen molar-refractivity contribution in [3.8, 4) is 0 Å². The minimum absolute atomic E-state index is 0.0392. The summed E-state index contributed by atoms with van der Waals surface area (Å²) in [5, 5.41) is 8.83. The quantitative estimate of drug-likeness (QED) is 0.612. The molecule has 0 spiro atoms. The molecule has 1 aromatic rings. The lowest BCUT2D eigenvalue weighted by atomic mass is 10.1. The Morgan fingerprint density at radius 2 is 2.17 bits per heavy atom. The Morgan fingerprint density at radius 3 is 2.72 bits per heavy atom. The average Bonchev–Trinajstić information content (AvgIpc) is 2.35. The number of nitrogens with one attached hydrogen (secondary N) is 2. The topological polar surface area (TPSA) is 99.3 Å². The van der Waals surface area contributed by atoms with Gasteiger partial charge in [0, 0.05) is 25.4 Å². The first-order valence-corrected chi connectivity index (χ1v) is 7.23. The Balaban J connectivity index is 2.50. The normalized spacial score (nSPS) is 13.4. The van der Waals surface area contributed by atoms with Crippen molar-refractivity contribution in [3.63, 3.8) is 0 Å². The first-order valence-electron chi connectivity index (χ1n) is 5.75. The van der Waals surface area contributed by atoms with Gasteiger partial charge in [0.2, 0.25) is 15.6 Å². The molecule has 1 unspecified atom stereocenters. The fourth-order valence-corrected chi connectivity index (χ4v) is 2.44. The molecule has 18 heavy (non-hydrogen) atoms. The first-order chi connectivity index (χ1) is 8.45. The molecule has 0 aliphatic carbocycles. The lowest BCUT2D eigenvalue weighted by molar-refractivity contribution is 0.228. The summed E-state index contributed by atoms with van der Waals surface area (Å²) in [5.74, 6) is 0.169. The van der Waals surface area contributed by atoms with Crippen LogP contribution in [0.25, 0.3) is 0 Å². The van der Waals surface area contributed by atoms with Crippen LogP contribution in [0.1, 0.15) is 19.8 Å². The van der Waals surface area contributed by atoms with Crippen molar-refractivity contribution >= 4 is 10.0 Å². The van der Waals surface area contributed by atoms with Gasteiger partial charge < -0.3 is 10.1 Å². The van der Waals surface area contributed by atoms with E-state index in [0.717, 1.165) is 6.42 Å². The van der Waals surface area contributed by atoms with Crippen molar-refractivity contribution < 1.29 is 13.5 Å². The molecule has 0 aliphatic heterocycles. The second-order valence-corrected chi connectivity index (χ2v) is 5.98. The maximum absolute atomic E-state index is 11.8. The molecule has 1 aromatic heterocycles.